The average molecular weight is 331 g/mol. The molecule has 1 aromatic heterocycles. The topological polar surface area (TPSA) is 51.8 Å². The fraction of sp³-hybridized carbons (Fsp3) is 0.273. The Balaban J connectivity index is 2.25. The van der Waals surface area contributed by atoms with Crippen LogP contribution in [0, 0.1) is 41.5 Å². The third-order valence-corrected chi connectivity index (χ3v) is 4.61. The van der Waals surface area contributed by atoms with Gasteiger partial charge in [-0.3, -0.25) is 0 Å². The Kier molecular flexibility index (Phi) is 4.34. The van der Waals surface area contributed by atoms with Crippen LogP contribution < -0.4 is 5.73 Å². The first-order chi connectivity index (χ1) is 11.8. The summed E-state index contributed by atoms with van der Waals surface area (Å²) in [5, 5.41) is 0. The van der Waals surface area contributed by atoms with Crippen molar-refractivity contribution in [2.45, 2.75) is 41.5 Å². The Morgan fingerprint density at radius 2 is 0.880 bits per heavy atom. The van der Waals surface area contributed by atoms with Gasteiger partial charge in [-0.05, 0) is 69.9 Å². The van der Waals surface area contributed by atoms with Crippen LogP contribution in [-0.2, 0) is 0 Å². The average Bonchev–Trinajstić information content (AvgIpc) is 2.44. The third-order valence-electron chi connectivity index (χ3n) is 4.61. The summed E-state index contributed by atoms with van der Waals surface area (Å²) in [6.45, 7) is 12.7. The predicted molar refractivity (Wildman–Crippen MR) is 106 cm³/mol. The summed E-state index contributed by atoms with van der Waals surface area (Å²) < 4.78 is 0. The van der Waals surface area contributed by atoms with Gasteiger partial charge in [0, 0.05) is 11.1 Å². The summed E-state index contributed by atoms with van der Waals surface area (Å²) in [4.78, 5) is 9.05. The molecule has 3 nitrogen and oxygen atoms in total. The number of rotatable bonds is 2. The van der Waals surface area contributed by atoms with Crippen molar-refractivity contribution in [2.24, 2.45) is 0 Å². The first-order valence-electron chi connectivity index (χ1n) is 8.57. The first kappa shape index (κ1) is 17.2. The fourth-order valence-electron chi connectivity index (χ4n) is 3.89. The summed E-state index contributed by atoms with van der Waals surface area (Å²) in [6, 6.07) is 10.8. The molecule has 0 aliphatic rings. The van der Waals surface area contributed by atoms with E-state index in [1.807, 2.05) is 0 Å². The Bertz CT molecular complexity index is 849. The molecular formula is C22H25N3. The second-order valence-electron chi connectivity index (χ2n) is 7.04. The maximum absolute atomic E-state index is 6.07. The highest BCUT2D eigenvalue weighted by Crippen LogP contribution is 2.33. The summed E-state index contributed by atoms with van der Waals surface area (Å²) in [7, 11) is 0. The zero-order valence-corrected chi connectivity index (χ0v) is 15.9. The van der Waals surface area contributed by atoms with Gasteiger partial charge in [0.05, 0.1) is 11.4 Å². The van der Waals surface area contributed by atoms with Crippen molar-refractivity contribution >= 4 is 5.95 Å². The molecule has 0 aliphatic heterocycles. The van der Waals surface area contributed by atoms with Gasteiger partial charge in [-0.15, -0.1) is 0 Å². The number of nitrogen functional groups attached to an aromatic ring is 1. The van der Waals surface area contributed by atoms with Gasteiger partial charge in [0.25, 0.3) is 0 Å². The van der Waals surface area contributed by atoms with Crippen LogP contribution in [0.15, 0.2) is 30.3 Å². The molecule has 128 valence electrons. The van der Waals surface area contributed by atoms with E-state index in [0.717, 1.165) is 22.5 Å². The number of benzene rings is 2. The zero-order valence-electron chi connectivity index (χ0n) is 15.9. The van der Waals surface area contributed by atoms with Gasteiger partial charge in [0.2, 0.25) is 5.95 Å². The lowest BCUT2D eigenvalue weighted by molar-refractivity contribution is 1.17. The lowest BCUT2D eigenvalue weighted by Crippen LogP contribution is -2.02. The highest BCUT2D eigenvalue weighted by atomic mass is 15.0. The highest BCUT2D eigenvalue weighted by Gasteiger charge is 2.14. The Morgan fingerprint density at radius 1 is 0.560 bits per heavy atom. The van der Waals surface area contributed by atoms with E-state index >= 15 is 0 Å². The molecular weight excluding hydrogens is 306 g/mol. The summed E-state index contributed by atoms with van der Waals surface area (Å²) in [5.74, 6) is 0.311. The van der Waals surface area contributed by atoms with Crippen LogP contribution in [0.5, 0.6) is 0 Å². The van der Waals surface area contributed by atoms with Crippen molar-refractivity contribution in [2.75, 3.05) is 5.73 Å². The Labute approximate surface area is 150 Å². The third kappa shape index (κ3) is 3.27. The molecule has 0 fully saturated rings. The van der Waals surface area contributed by atoms with Gasteiger partial charge >= 0.3 is 0 Å². The zero-order chi connectivity index (χ0) is 18.3. The van der Waals surface area contributed by atoms with Gasteiger partial charge in [-0.25, -0.2) is 9.97 Å². The van der Waals surface area contributed by atoms with E-state index in [4.69, 9.17) is 5.73 Å². The van der Waals surface area contributed by atoms with Gasteiger partial charge < -0.3 is 5.73 Å². The van der Waals surface area contributed by atoms with E-state index in [1.165, 1.54) is 33.4 Å². The van der Waals surface area contributed by atoms with Gasteiger partial charge in [0.1, 0.15) is 0 Å². The molecule has 25 heavy (non-hydrogen) atoms. The Hall–Kier alpha value is -2.68. The van der Waals surface area contributed by atoms with Crippen LogP contribution in [0.2, 0.25) is 0 Å². The van der Waals surface area contributed by atoms with E-state index < -0.39 is 0 Å². The second-order valence-corrected chi connectivity index (χ2v) is 7.04. The molecule has 2 N–H and O–H groups in total. The molecule has 3 aromatic rings. The molecule has 0 unspecified atom stereocenters. The lowest BCUT2D eigenvalue weighted by atomic mass is 9.94. The van der Waals surface area contributed by atoms with E-state index in [2.05, 4.69) is 81.8 Å². The number of aromatic nitrogens is 2. The SMILES string of the molecule is Cc1cc(C)c(-c2cc(-c3c(C)cc(C)cc3C)nc(N)n2)c(C)c1. The summed E-state index contributed by atoms with van der Waals surface area (Å²) in [6.07, 6.45) is 0. The van der Waals surface area contributed by atoms with Crippen molar-refractivity contribution < 1.29 is 0 Å². The molecule has 0 saturated heterocycles. The molecule has 0 radical (unpaired) electrons. The van der Waals surface area contributed by atoms with Crippen molar-refractivity contribution in [1.82, 2.24) is 9.97 Å². The smallest absolute Gasteiger partial charge is 0.221 e. The molecule has 0 aliphatic carbocycles. The fourth-order valence-corrected chi connectivity index (χ4v) is 3.89. The van der Waals surface area contributed by atoms with Crippen molar-refractivity contribution in [3.63, 3.8) is 0 Å². The van der Waals surface area contributed by atoms with Crippen LogP contribution in [0.3, 0.4) is 0 Å². The molecule has 2 aromatic carbocycles. The molecule has 0 atom stereocenters. The van der Waals surface area contributed by atoms with Crippen LogP contribution in [0.4, 0.5) is 5.95 Å². The number of hydrogen-bond donors (Lipinski definition) is 1. The number of aryl methyl sites for hydroxylation is 6. The largest absolute Gasteiger partial charge is 0.368 e. The minimum absolute atomic E-state index is 0.311. The van der Waals surface area contributed by atoms with Crippen LogP contribution in [0.1, 0.15) is 33.4 Å². The van der Waals surface area contributed by atoms with Crippen molar-refractivity contribution in [3.8, 4) is 22.5 Å². The van der Waals surface area contributed by atoms with Crippen LogP contribution in [-0.4, -0.2) is 9.97 Å². The minimum Gasteiger partial charge on any atom is -0.368 e. The quantitative estimate of drug-likeness (QED) is 0.698. The summed E-state index contributed by atoms with van der Waals surface area (Å²) >= 11 is 0. The monoisotopic (exact) mass is 331 g/mol. The summed E-state index contributed by atoms with van der Waals surface area (Å²) in [5.41, 5.74) is 17.5. The van der Waals surface area contributed by atoms with E-state index in [1.54, 1.807) is 0 Å². The molecule has 0 amide bonds. The van der Waals surface area contributed by atoms with Crippen LogP contribution >= 0.6 is 0 Å². The van der Waals surface area contributed by atoms with Crippen LogP contribution in [0.25, 0.3) is 22.5 Å². The highest BCUT2D eigenvalue weighted by molar-refractivity contribution is 5.76. The minimum atomic E-state index is 0.311. The number of hydrogen-bond acceptors (Lipinski definition) is 3. The number of anilines is 1. The van der Waals surface area contributed by atoms with Crippen molar-refractivity contribution in [3.05, 3.63) is 63.7 Å². The number of nitrogens with zero attached hydrogens (tertiary/aromatic N) is 2. The van der Waals surface area contributed by atoms with Gasteiger partial charge in [-0.2, -0.15) is 0 Å². The molecule has 0 saturated carbocycles. The number of nitrogens with two attached hydrogens (primary N) is 1. The Morgan fingerprint density at radius 3 is 1.20 bits per heavy atom. The second kappa shape index (κ2) is 6.32. The molecule has 3 heteroatoms. The first-order valence-corrected chi connectivity index (χ1v) is 8.57. The van der Waals surface area contributed by atoms with E-state index in [9.17, 15) is 0 Å². The maximum Gasteiger partial charge on any atom is 0.221 e. The van der Waals surface area contributed by atoms with Gasteiger partial charge in [-0.1, -0.05) is 35.4 Å². The van der Waals surface area contributed by atoms with E-state index in [-0.39, 0.29) is 0 Å². The van der Waals surface area contributed by atoms with Crippen molar-refractivity contribution in [1.29, 1.82) is 0 Å². The molecule has 0 spiro atoms. The normalized spacial score (nSPS) is 11.0. The van der Waals surface area contributed by atoms with Gasteiger partial charge in [0.15, 0.2) is 0 Å². The lowest BCUT2D eigenvalue weighted by Gasteiger charge is -2.15. The predicted octanol–water partition coefficient (Wildman–Crippen LogP) is 5.24. The molecule has 0 bridgehead atoms. The standard InChI is InChI=1S/C22H25N3/c1-12-7-14(3)20(15(4)8-12)18-11-19(25-22(23)24-18)21-16(5)9-13(2)10-17(21)6/h7-11H,1-6H3,(H2,23,24,25). The maximum atomic E-state index is 6.07. The molecule has 3 rings (SSSR count). The molecule has 1 heterocycles. The van der Waals surface area contributed by atoms with E-state index in [0.29, 0.717) is 5.95 Å².